The van der Waals surface area contributed by atoms with E-state index >= 15 is 0 Å². The molecule has 0 fully saturated rings. The van der Waals surface area contributed by atoms with Crippen LogP contribution in [0.25, 0.3) is 0 Å². The molecule has 0 aliphatic carbocycles. The van der Waals surface area contributed by atoms with Gasteiger partial charge >= 0.3 is 0 Å². The van der Waals surface area contributed by atoms with Crippen LogP contribution in [-0.4, -0.2) is 33.0 Å². The van der Waals surface area contributed by atoms with Gasteiger partial charge in [-0.25, -0.2) is 8.42 Å². The van der Waals surface area contributed by atoms with Crippen molar-refractivity contribution in [2.45, 2.75) is 19.4 Å². The topological polar surface area (TPSA) is 46.2 Å². The highest BCUT2D eigenvalue weighted by Gasteiger charge is 2.14. The van der Waals surface area contributed by atoms with E-state index in [1.165, 1.54) is 15.4 Å². The van der Waals surface area contributed by atoms with Crippen molar-refractivity contribution in [1.29, 1.82) is 0 Å². The first-order valence-electron chi connectivity index (χ1n) is 5.56. The van der Waals surface area contributed by atoms with Gasteiger partial charge in [-0.15, -0.1) is 0 Å². The van der Waals surface area contributed by atoms with Crippen LogP contribution in [-0.2, 0) is 16.3 Å². The van der Waals surface area contributed by atoms with Crippen LogP contribution >= 0.6 is 22.6 Å². The second kappa shape index (κ2) is 6.70. The zero-order chi connectivity index (χ0) is 12.9. The van der Waals surface area contributed by atoms with Crippen molar-refractivity contribution < 1.29 is 8.42 Å². The van der Waals surface area contributed by atoms with Crippen molar-refractivity contribution in [3.05, 3.63) is 33.4 Å². The van der Waals surface area contributed by atoms with E-state index in [2.05, 4.69) is 27.9 Å². The lowest BCUT2D eigenvalue weighted by Crippen LogP contribution is -2.37. The second-order valence-electron chi connectivity index (χ2n) is 4.18. The lowest BCUT2D eigenvalue weighted by atomic mass is 10.1. The van der Waals surface area contributed by atoms with Crippen molar-refractivity contribution >= 4 is 32.4 Å². The Balaban J connectivity index is 2.69. The van der Waals surface area contributed by atoms with Crippen LogP contribution < -0.4 is 5.32 Å². The summed E-state index contributed by atoms with van der Waals surface area (Å²) in [4.78, 5) is 0. The quantitative estimate of drug-likeness (QED) is 0.781. The van der Waals surface area contributed by atoms with Crippen LogP contribution in [0.3, 0.4) is 0 Å². The van der Waals surface area contributed by atoms with E-state index in [1.54, 1.807) is 0 Å². The molecule has 96 valence electrons. The van der Waals surface area contributed by atoms with Crippen molar-refractivity contribution in [2.24, 2.45) is 0 Å². The van der Waals surface area contributed by atoms with Crippen molar-refractivity contribution in [3.63, 3.8) is 0 Å². The molecular weight excluding hydrogens is 349 g/mol. The lowest BCUT2D eigenvalue weighted by Gasteiger charge is -2.16. The molecule has 0 aliphatic rings. The molecule has 0 heterocycles. The number of sulfone groups is 1. The summed E-state index contributed by atoms with van der Waals surface area (Å²) in [5, 5.41) is 3.22. The van der Waals surface area contributed by atoms with E-state index in [1.807, 2.05) is 31.2 Å². The Hall–Kier alpha value is -0.140. The van der Waals surface area contributed by atoms with E-state index in [-0.39, 0.29) is 11.8 Å². The molecule has 0 aromatic heterocycles. The fourth-order valence-electron chi connectivity index (χ4n) is 1.75. The van der Waals surface area contributed by atoms with Gasteiger partial charge in [-0.05, 0) is 53.3 Å². The fourth-order valence-corrected chi connectivity index (χ4v) is 3.08. The molecule has 0 saturated carbocycles. The average molecular weight is 367 g/mol. The zero-order valence-corrected chi connectivity index (χ0v) is 13.1. The summed E-state index contributed by atoms with van der Waals surface area (Å²) in [5.41, 5.74) is 1.17. The molecule has 1 aromatic carbocycles. The Morgan fingerprint density at radius 3 is 2.35 bits per heavy atom. The number of halogens is 1. The van der Waals surface area contributed by atoms with Crippen LogP contribution in [0.5, 0.6) is 0 Å². The summed E-state index contributed by atoms with van der Waals surface area (Å²) >= 11 is 2.26. The number of likely N-dealkylation sites (N-methyl/N-ethyl adjacent to an activating group) is 1. The van der Waals surface area contributed by atoms with Gasteiger partial charge in [0.05, 0.1) is 5.75 Å². The SMILES string of the molecule is CCNC(Cc1ccc(I)cc1)CS(C)(=O)=O. The third-order valence-electron chi connectivity index (χ3n) is 2.39. The van der Waals surface area contributed by atoms with Crippen molar-refractivity contribution in [3.8, 4) is 0 Å². The summed E-state index contributed by atoms with van der Waals surface area (Å²) in [6, 6.07) is 8.18. The van der Waals surface area contributed by atoms with Gasteiger partial charge in [0.15, 0.2) is 0 Å². The highest BCUT2D eigenvalue weighted by atomic mass is 127. The highest BCUT2D eigenvalue weighted by molar-refractivity contribution is 14.1. The lowest BCUT2D eigenvalue weighted by molar-refractivity contribution is 0.545. The number of nitrogens with one attached hydrogen (secondary N) is 1. The number of benzene rings is 1. The monoisotopic (exact) mass is 367 g/mol. The Morgan fingerprint density at radius 1 is 1.29 bits per heavy atom. The Bertz CT molecular complexity index is 442. The van der Waals surface area contributed by atoms with Gasteiger partial charge in [-0.2, -0.15) is 0 Å². The van der Waals surface area contributed by atoms with E-state index < -0.39 is 9.84 Å². The smallest absolute Gasteiger partial charge is 0.148 e. The summed E-state index contributed by atoms with van der Waals surface area (Å²) in [6.45, 7) is 2.77. The first-order chi connectivity index (χ1) is 7.90. The molecule has 1 atom stereocenters. The molecule has 0 aliphatic heterocycles. The van der Waals surface area contributed by atoms with Gasteiger partial charge < -0.3 is 5.32 Å². The number of rotatable bonds is 6. The first-order valence-corrected chi connectivity index (χ1v) is 8.70. The van der Waals surface area contributed by atoms with Crippen LogP contribution in [0, 0.1) is 3.57 Å². The molecule has 0 radical (unpaired) electrons. The minimum Gasteiger partial charge on any atom is -0.313 e. The first kappa shape index (κ1) is 14.9. The maximum absolute atomic E-state index is 11.3. The summed E-state index contributed by atoms with van der Waals surface area (Å²) in [5.74, 6) is 0.187. The van der Waals surface area contributed by atoms with Gasteiger partial charge in [0.1, 0.15) is 9.84 Å². The predicted molar refractivity (Wildman–Crippen MR) is 80.0 cm³/mol. The van der Waals surface area contributed by atoms with Gasteiger partial charge in [-0.1, -0.05) is 19.1 Å². The van der Waals surface area contributed by atoms with E-state index in [0.29, 0.717) is 0 Å². The largest absolute Gasteiger partial charge is 0.313 e. The maximum Gasteiger partial charge on any atom is 0.148 e. The average Bonchev–Trinajstić information content (AvgIpc) is 2.19. The van der Waals surface area contributed by atoms with Crippen LogP contribution in [0.1, 0.15) is 12.5 Å². The molecule has 17 heavy (non-hydrogen) atoms. The molecule has 1 aromatic rings. The van der Waals surface area contributed by atoms with Crippen LogP contribution in [0.4, 0.5) is 0 Å². The minimum atomic E-state index is -2.94. The van der Waals surface area contributed by atoms with Gasteiger partial charge in [-0.3, -0.25) is 0 Å². The van der Waals surface area contributed by atoms with E-state index in [4.69, 9.17) is 0 Å². The van der Waals surface area contributed by atoms with Crippen molar-refractivity contribution in [2.75, 3.05) is 18.6 Å². The second-order valence-corrected chi connectivity index (χ2v) is 7.61. The maximum atomic E-state index is 11.3. The van der Waals surface area contributed by atoms with Gasteiger partial charge in [0.2, 0.25) is 0 Å². The number of hydrogen-bond acceptors (Lipinski definition) is 3. The zero-order valence-electron chi connectivity index (χ0n) is 10.1. The normalized spacial score (nSPS) is 13.6. The Morgan fingerprint density at radius 2 is 1.88 bits per heavy atom. The highest BCUT2D eigenvalue weighted by Crippen LogP contribution is 2.09. The van der Waals surface area contributed by atoms with Crippen LogP contribution in [0.2, 0.25) is 0 Å². The molecule has 1 unspecified atom stereocenters. The Labute approximate surface area is 117 Å². The van der Waals surface area contributed by atoms with Crippen molar-refractivity contribution in [1.82, 2.24) is 5.32 Å². The van der Waals surface area contributed by atoms with Gasteiger partial charge in [0, 0.05) is 15.9 Å². The number of hydrogen-bond donors (Lipinski definition) is 1. The summed E-state index contributed by atoms with van der Waals surface area (Å²) in [6.07, 6.45) is 2.03. The molecular formula is C12H18INO2S. The molecule has 0 bridgehead atoms. The Kier molecular flexibility index (Phi) is 5.88. The molecule has 0 saturated heterocycles. The molecule has 1 rings (SSSR count). The fraction of sp³-hybridized carbons (Fsp3) is 0.500. The van der Waals surface area contributed by atoms with E-state index in [9.17, 15) is 8.42 Å². The van der Waals surface area contributed by atoms with E-state index in [0.717, 1.165) is 13.0 Å². The summed E-state index contributed by atoms with van der Waals surface area (Å²) < 4.78 is 23.8. The third kappa shape index (κ3) is 6.38. The molecule has 1 N–H and O–H groups in total. The molecule has 0 spiro atoms. The molecule has 5 heteroatoms. The molecule has 0 amide bonds. The van der Waals surface area contributed by atoms with Gasteiger partial charge in [0.25, 0.3) is 0 Å². The minimum absolute atomic E-state index is 0.00457. The predicted octanol–water partition coefficient (Wildman–Crippen LogP) is 1.86. The van der Waals surface area contributed by atoms with Crippen LogP contribution in [0.15, 0.2) is 24.3 Å². The standard InChI is InChI=1S/C12H18INO2S/c1-3-14-12(9-17(2,15)16)8-10-4-6-11(13)7-5-10/h4-7,12,14H,3,8-9H2,1-2H3. The third-order valence-corrected chi connectivity index (χ3v) is 4.12. The molecule has 3 nitrogen and oxygen atoms in total. The summed E-state index contributed by atoms with van der Waals surface area (Å²) in [7, 11) is -2.94.